The maximum absolute atomic E-state index is 6.47. The number of nitrogens with one attached hydrogen (secondary N) is 1. The highest BCUT2D eigenvalue weighted by Crippen LogP contribution is 2.35. The molecule has 0 bridgehead atoms. The van der Waals surface area contributed by atoms with E-state index in [1.54, 1.807) is 24.2 Å². The van der Waals surface area contributed by atoms with Crippen LogP contribution in [-0.4, -0.2) is 27.3 Å². The Labute approximate surface area is 174 Å². The van der Waals surface area contributed by atoms with E-state index in [4.69, 9.17) is 21.3 Å². The van der Waals surface area contributed by atoms with Gasteiger partial charge in [0.05, 0.1) is 16.8 Å². The summed E-state index contributed by atoms with van der Waals surface area (Å²) in [5, 5.41) is 4.78. The lowest BCUT2D eigenvalue weighted by atomic mass is 9.98. The largest absolute Gasteiger partial charge is 0.487 e. The fourth-order valence-electron chi connectivity index (χ4n) is 3.48. The van der Waals surface area contributed by atoms with Gasteiger partial charge in [0.1, 0.15) is 5.52 Å². The van der Waals surface area contributed by atoms with Crippen LogP contribution in [0.15, 0.2) is 36.7 Å². The molecule has 0 amide bonds. The Bertz CT molecular complexity index is 962. The Morgan fingerprint density at radius 2 is 2.04 bits per heavy atom. The summed E-state index contributed by atoms with van der Waals surface area (Å²) < 4.78 is 6.29. The molecule has 1 aliphatic rings. The summed E-state index contributed by atoms with van der Waals surface area (Å²) >= 11 is 8.21. The monoisotopic (exact) mass is 414 g/mol. The molecule has 2 heterocycles. The Kier molecular flexibility index (Phi) is 6.17. The first-order chi connectivity index (χ1) is 13.7. The van der Waals surface area contributed by atoms with E-state index in [9.17, 15) is 0 Å². The van der Waals surface area contributed by atoms with E-state index in [0.717, 1.165) is 40.9 Å². The second-order valence-corrected chi connectivity index (χ2v) is 8.25. The van der Waals surface area contributed by atoms with Gasteiger partial charge in [-0.25, -0.2) is 9.97 Å². The number of ether oxygens (including phenoxy) is 1. The van der Waals surface area contributed by atoms with Gasteiger partial charge in [-0.15, -0.1) is 0 Å². The quantitative estimate of drug-likeness (QED) is 0.534. The SMILES string of the molecule is CSCc1cc(Nc2ncc3ccc(Cl)c(OC4CCCCC4)c3n2)ccn1. The first-order valence-corrected chi connectivity index (χ1v) is 11.3. The third-order valence-electron chi connectivity index (χ3n) is 4.86. The summed E-state index contributed by atoms with van der Waals surface area (Å²) in [7, 11) is 0. The normalized spacial score (nSPS) is 14.9. The lowest BCUT2D eigenvalue weighted by molar-refractivity contribution is 0.157. The van der Waals surface area contributed by atoms with Crippen molar-refractivity contribution in [3.63, 3.8) is 0 Å². The van der Waals surface area contributed by atoms with Crippen LogP contribution in [0.4, 0.5) is 11.6 Å². The van der Waals surface area contributed by atoms with E-state index in [2.05, 4.69) is 21.5 Å². The van der Waals surface area contributed by atoms with Crippen molar-refractivity contribution in [1.82, 2.24) is 15.0 Å². The van der Waals surface area contributed by atoms with Gasteiger partial charge in [0, 0.05) is 29.2 Å². The number of rotatable bonds is 6. The molecule has 0 atom stereocenters. The van der Waals surface area contributed by atoms with Gasteiger partial charge in [-0.05, 0) is 56.2 Å². The highest BCUT2D eigenvalue weighted by Gasteiger charge is 2.19. The van der Waals surface area contributed by atoms with E-state index in [1.807, 2.05) is 24.3 Å². The summed E-state index contributed by atoms with van der Waals surface area (Å²) in [5.41, 5.74) is 2.67. The van der Waals surface area contributed by atoms with E-state index in [1.165, 1.54) is 19.3 Å². The zero-order valence-electron chi connectivity index (χ0n) is 15.8. The number of anilines is 2. The number of aromatic nitrogens is 3. The van der Waals surface area contributed by atoms with Crippen molar-refractivity contribution in [3.8, 4) is 5.75 Å². The van der Waals surface area contributed by atoms with Crippen LogP contribution < -0.4 is 10.1 Å². The van der Waals surface area contributed by atoms with Crippen LogP contribution in [0.5, 0.6) is 5.75 Å². The first-order valence-electron chi connectivity index (χ1n) is 9.56. The molecule has 2 aromatic heterocycles. The Morgan fingerprint density at radius 1 is 1.18 bits per heavy atom. The number of hydrogen-bond donors (Lipinski definition) is 1. The van der Waals surface area contributed by atoms with Crippen LogP contribution >= 0.6 is 23.4 Å². The van der Waals surface area contributed by atoms with Gasteiger partial charge >= 0.3 is 0 Å². The van der Waals surface area contributed by atoms with Crippen LogP contribution in [0, 0.1) is 0 Å². The standard InChI is InChI=1S/C21H23ClN4OS/c1-28-13-16-11-15(9-10-23-16)25-21-24-12-14-7-8-18(22)20(19(14)26-21)27-17-5-3-2-4-6-17/h7-12,17H,2-6,13H2,1H3,(H,23,24,25,26). The lowest BCUT2D eigenvalue weighted by Gasteiger charge is -2.24. The number of halogens is 1. The van der Waals surface area contributed by atoms with E-state index >= 15 is 0 Å². The predicted octanol–water partition coefficient (Wildman–Crippen LogP) is 6.00. The van der Waals surface area contributed by atoms with Gasteiger partial charge < -0.3 is 10.1 Å². The average Bonchev–Trinajstić information content (AvgIpc) is 2.72. The summed E-state index contributed by atoms with van der Waals surface area (Å²) in [6.07, 6.45) is 11.7. The molecule has 7 heteroatoms. The molecule has 5 nitrogen and oxygen atoms in total. The second-order valence-electron chi connectivity index (χ2n) is 6.98. The van der Waals surface area contributed by atoms with Gasteiger partial charge in [0.25, 0.3) is 0 Å². The molecule has 0 unspecified atom stereocenters. The van der Waals surface area contributed by atoms with Crippen molar-refractivity contribution in [1.29, 1.82) is 0 Å². The topological polar surface area (TPSA) is 59.9 Å². The minimum absolute atomic E-state index is 0.206. The molecule has 4 rings (SSSR count). The van der Waals surface area contributed by atoms with Crippen LogP contribution in [-0.2, 0) is 5.75 Å². The summed E-state index contributed by atoms with van der Waals surface area (Å²) in [6, 6.07) is 7.71. The third-order valence-corrected chi connectivity index (χ3v) is 5.74. The lowest BCUT2D eigenvalue weighted by Crippen LogP contribution is -2.20. The van der Waals surface area contributed by atoms with Crippen molar-refractivity contribution >= 4 is 45.9 Å². The van der Waals surface area contributed by atoms with Gasteiger partial charge in [0.15, 0.2) is 5.75 Å². The minimum Gasteiger partial charge on any atom is -0.487 e. The molecule has 1 N–H and O–H groups in total. The Morgan fingerprint density at radius 3 is 2.86 bits per heavy atom. The predicted molar refractivity (Wildman–Crippen MR) is 117 cm³/mol. The smallest absolute Gasteiger partial charge is 0.227 e. The number of hydrogen-bond acceptors (Lipinski definition) is 6. The molecular formula is C21H23ClN4OS. The molecule has 0 aliphatic heterocycles. The highest BCUT2D eigenvalue weighted by molar-refractivity contribution is 7.97. The van der Waals surface area contributed by atoms with Gasteiger partial charge in [-0.1, -0.05) is 18.0 Å². The minimum atomic E-state index is 0.206. The first kappa shape index (κ1) is 19.3. The number of pyridine rings is 1. The number of thioether (sulfide) groups is 1. The molecule has 28 heavy (non-hydrogen) atoms. The molecule has 146 valence electrons. The van der Waals surface area contributed by atoms with E-state index in [-0.39, 0.29) is 6.10 Å². The molecule has 3 aromatic rings. The molecule has 1 fully saturated rings. The van der Waals surface area contributed by atoms with Gasteiger partial charge in [-0.2, -0.15) is 11.8 Å². The Balaban J connectivity index is 1.63. The van der Waals surface area contributed by atoms with Crippen LogP contribution in [0.3, 0.4) is 0 Å². The van der Waals surface area contributed by atoms with Crippen LogP contribution in [0.2, 0.25) is 5.02 Å². The zero-order chi connectivity index (χ0) is 19.3. The van der Waals surface area contributed by atoms with Crippen molar-refractivity contribution in [2.45, 2.75) is 44.0 Å². The van der Waals surface area contributed by atoms with Crippen molar-refractivity contribution in [2.24, 2.45) is 0 Å². The van der Waals surface area contributed by atoms with Crippen molar-refractivity contribution in [3.05, 3.63) is 47.4 Å². The fraction of sp³-hybridized carbons (Fsp3) is 0.381. The van der Waals surface area contributed by atoms with E-state index in [0.29, 0.717) is 16.7 Å². The molecule has 0 saturated heterocycles. The summed E-state index contributed by atoms with van der Waals surface area (Å²) in [4.78, 5) is 13.5. The molecule has 1 aliphatic carbocycles. The molecule has 0 spiro atoms. The Hall–Kier alpha value is -2.05. The maximum Gasteiger partial charge on any atom is 0.227 e. The maximum atomic E-state index is 6.47. The van der Waals surface area contributed by atoms with Crippen LogP contribution in [0.25, 0.3) is 10.9 Å². The third kappa shape index (κ3) is 4.50. The molecule has 1 aromatic carbocycles. The molecule has 1 saturated carbocycles. The fourth-order valence-corrected chi connectivity index (χ4v) is 4.13. The summed E-state index contributed by atoms with van der Waals surface area (Å²) in [6.45, 7) is 0. The van der Waals surface area contributed by atoms with Crippen molar-refractivity contribution in [2.75, 3.05) is 11.6 Å². The van der Waals surface area contributed by atoms with Crippen molar-refractivity contribution < 1.29 is 4.74 Å². The highest BCUT2D eigenvalue weighted by atomic mass is 35.5. The zero-order valence-corrected chi connectivity index (χ0v) is 17.4. The average molecular weight is 415 g/mol. The second kappa shape index (κ2) is 8.97. The number of nitrogens with zero attached hydrogens (tertiary/aromatic N) is 3. The summed E-state index contributed by atoms with van der Waals surface area (Å²) in [5.74, 6) is 2.04. The van der Waals surface area contributed by atoms with Gasteiger partial charge in [0.2, 0.25) is 5.95 Å². The molecule has 0 radical (unpaired) electrons. The number of benzene rings is 1. The molecular weight excluding hydrogens is 392 g/mol. The van der Waals surface area contributed by atoms with Crippen LogP contribution in [0.1, 0.15) is 37.8 Å². The van der Waals surface area contributed by atoms with E-state index < -0.39 is 0 Å². The number of fused-ring (bicyclic) bond motifs is 1. The van der Waals surface area contributed by atoms with Gasteiger partial charge in [-0.3, -0.25) is 4.98 Å².